The Morgan fingerprint density at radius 3 is 2.06 bits per heavy atom. The maximum absolute atomic E-state index is 10.8. The first-order valence-electron chi connectivity index (χ1n) is 6.02. The maximum atomic E-state index is 10.8. The van der Waals surface area contributed by atoms with Gasteiger partial charge in [-0.05, 0) is 19.3 Å². The van der Waals surface area contributed by atoms with Crippen molar-refractivity contribution < 1.29 is 19.8 Å². The summed E-state index contributed by atoms with van der Waals surface area (Å²) in [6.45, 7) is 1.99. The molecule has 0 saturated heterocycles. The maximum Gasteiger partial charge on any atom is 0.306 e. The van der Waals surface area contributed by atoms with E-state index in [1.165, 1.54) is 0 Å². The summed E-state index contributed by atoms with van der Waals surface area (Å²) in [5.74, 6) is -1.67. The molecular formula is C12H25NO4. The molecule has 0 rings (SSSR count). The molecule has 0 radical (unpaired) electrons. The van der Waals surface area contributed by atoms with Gasteiger partial charge in [0.15, 0.2) is 0 Å². The molecule has 17 heavy (non-hydrogen) atoms. The minimum Gasteiger partial charge on any atom is -0.481 e. The smallest absolute Gasteiger partial charge is 0.306 e. The van der Waals surface area contributed by atoms with Gasteiger partial charge in [-0.15, -0.1) is 0 Å². The van der Waals surface area contributed by atoms with Crippen LogP contribution in [0.1, 0.15) is 58.3 Å². The van der Waals surface area contributed by atoms with E-state index in [9.17, 15) is 9.59 Å². The van der Waals surface area contributed by atoms with Crippen LogP contribution >= 0.6 is 0 Å². The lowest BCUT2D eigenvalue weighted by Gasteiger charge is -2.10. The van der Waals surface area contributed by atoms with Crippen LogP contribution in [0.25, 0.3) is 0 Å². The Bertz CT molecular complexity index is 219. The Labute approximate surface area is 103 Å². The molecular weight excluding hydrogens is 222 g/mol. The van der Waals surface area contributed by atoms with Gasteiger partial charge in [0.1, 0.15) is 0 Å². The summed E-state index contributed by atoms with van der Waals surface area (Å²) in [4.78, 5) is 21.1. The van der Waals surface area contributed by atoms with Gasteiger partial charge in [-0.3, -0.25) is 9.59 Å². The lowest BCUT2D eigenvalue weighted by molar-refractivity contribution is -0.142. The normalized spacial score (nSPS) is 11.6. The highest BCUT2D eigenvalue weighted by molar-refractivity contribution is 5.69. The SMILES string of the molecule is CCCC(CCCCCCC(=O)O)C(=O)O.N. The van der Waals surface area contributed by atoms with E-state index in [2.05, 4.69) is 0 Å². The predicted octanol–water partition coefficient (Wildman–Crippen LogP) is 3.07. The first kappa shape index (κ1) is 18.3. The molecule has 0 bridgehead atoms. The molecule has 102 valence electrons. The molecule has 5 nitrogen and oxygen atoms in total. The molecule has 5 heteroatoms. The number of aliphatic carboxylic acids is 2. The van der Waals surface area contributed by atoms with Crippen molar-refractivity contribution in [3.05, 3.63) is 0 Å². The van der Waals surface area contributed by atoms with Crippen molar-refractivity contribution in [2.75, 3.05) is 0 Å². The van der Waals surface area contributed by atoms with Crippen LogP contribution in [0, 0.1) is 5.92 Å². The molecule has 0 aliphatic heterocycles. The van der Waals surface area contributed by atoms with E-state index in [0.29, 0.717) is 6.42 Å². The van der Waals surface area contributed by atoms with Crippen LogP contribution in [-0.4, -0.2) is 22.2 Å². The van der Waals surface area contributed by atoms with Crippen LogP contribution in [0.3, 0.4) is 0 Å². The standard InChI is InChI=1S/C12H22O4.H3N/c1-2-7-10(12(15)16)8-5-3-4-6-9-11(13)14;/h10H,2-9H2,1H3,(H,13,14)(H,15,16);1H3. The summed E-state index contributed by atoms with van der Waals surface area (Å²) in [5, 5.41) is 17.3. The van der Waals surface area contributed by atoms with Crippen LogP contribution in [0.2, 0.25) is 0 Å². The van der Waals surface area contributed by atoms with Gasteiger partial charge in [-0.1, -0.05) is 32.6 Å². The van der Waals surface area contributed by atoms with E-state index in [1.807, 2.05) is 6.92 Å². The molecule has 0 aromatic rings. The Balaban J connectivity index is 0. The number of carboxylic acid groups (broad SMARTS) is 2. The number of rotatable bonds is 10. The monoisotopic (exact) mass is 247 g/mol. The fraction of sp³-hybridized carbons (Fsp3) is 0.833. The number of carboxylic acids is 2. The summed E-state index contributed by atoms with van der Waals surface area (Å²) >= 11 is 0. The van der Waals surface area contributed by atoms with E-state index in [4.69, 9.17) is 10.2 Å². The fourth-order valence-electron chi connectivity index (χ4n) is 1.76. The molecule has 0 aliphatic carbocycles. The molecule has 0 spiro atoms. The average Bonchev–Trinajstić information content (AvgIpc) is 2.20. The van der Waals surface area contributed by atoms with Crippen molar-refractivity contribution in [2.24, 2.45) is 5.92 Å². The number of unbranched alkanes of at least 4 members (excludes halogenated alkanes) is 3. The molecule has 0 heterocycles. The summed E-state index contributed by atoms with van der Waals surface area (Å²) in [6.07, 6.45) is 5.97. The predicted molar refractivity (Wildman–Crippen MR) is 66.4 cm³/mol. The van der Waals surface area contributed by atoms with Crippen molar-refractivity contribution in [1.82, 2.24) is 6.15 Å². The third-order valence-corrected chi connectivity index (χ3v) is 2.68. The van der Waals surface area contributed by atoms with Crippen LogP contribution in [0.5, 0.6) is 0 Å². The van der Waals surface area contributed by atoms with Gasteiger partial charge in [-0.25, -0.2) is 0 Å². The van der Waals surface area contributed by atoms with Gasteiger partial charge >= 0.3 is 11.9 Å². The zero-order valence-electron chi connectivity index (χ0n) is 10.7. The molecule has 0 aromatic carbocycles. The second kappa shape index (κ2) is 11.4. The van der Waals surface area contributed by atoms with Crippen molar-refractivity contribution in [2.45, 2.75) is 58.3 Å². The summed E-state index contributed by atoms with van der Waals surface area (Å²) in [5.41, 5.74) is 0. The van der Waals surface area contributed by atoms with E-state index in [0.717, 1.165) is 38.5 Å². The molecule has 0 saturated carbocycles. The van der Waals surface area contributed by atoms with Gasteiger partial charge in [0.25, 0.3) is 0 Å². The summed E-state index contributed by atoms with van der Waals surface area (Å²) in [6, 6.07) is 0. The molecule has 0 aromatic heterocycles. The van der Waals surface area contributed by atoms with Gasteiger partial charge in [0.05, 0.1) is 5.92 Å². The second-order valence-corrected chi connectivity index (χ2v) is 4.17. The minimum atomic E-state index is -0.755. The van der Waals surface area contributed by atoms with Crippen LogP contribution in [0.15, 0.2) is 0 Å². The second-order valence-electron chi connectivity index (χ2n) is 4.17. The number of hydrogen-bond acceptors (Lipinski definition) is 3. The topological polar surface area (TPSA) is 110 Å². The molecule has 0 aliphatic rings. The van der Waals surface area contributed by atoms with Crippen molar-refractivity contribution >= 4 is 11.9 Å². The molecule has 0 amide bonds. The first-order chi connectivity index (χ1) is 7.57. The van der Waals surface area contributed by atoms with Crippen LogP contribution in [0.4, 0.5) is 0 Å². The zero-order chi connectivity index (χ0) is 12.4. The van der Waals surface area contributed by atoms with Gasteiger partial charge < -0.3 is 16.4 Å². The molecule has 0 fully saturated rings. The average molecular weight is 247 g/mol. The largest absolute Gasteiger partial charge is 0.481 e. The Morgan fingerprint density at radius 1 is 1.00 bits per heavy atom. The molecule has 5 N–H and O–H groups in total. The van der Waals surface area contributed by atoms with E-state index in [1.54, 1.807) is 0 Å². The lowest BCUT2D eigenvalue weighted by Crippen LogP contribution is -2.13. The Morgan fingerprint density at radius 2 is 1.59 bits per heavy atom. The third kappa shape index (κ3) is 11.2. The highest BCUT2D eigenvalue weighted by Crippen LogP contribution is 2.16. The third-order valence-electron chi connectivity index (χ3n) is 2.68. The zero-order valence-corrected chi connectivity index (χ0v) is 10.7. The first-order valence-corrected chi connectivity index (χ1v) is 6.02. The van der Waals surface area contributed by atoms with E-state index >= 15 is 0 Å². The van der Waals surface area contributed by atoms with Gasteiger partial charge in [-0.2, -0.15) is 0 Å². The van der Waals surface area contributed by atoms with Crippen LogP contribution in [-0.2, 0) is 9.59 Å². The highest BCUT2D eigenvalue weighted by atomic mass is 16.4. The summed E-state index contributed by atoms with van der Waals surface area (Å²) in [7, 11) is 0. The van der Waals surface area contributed by atoms with Gasteiger partial charge in [0, 0.05) is 6.42 Å². The van der Waals surface area contributed by atoms with Crippen molar-refractivity contribution in [1.29, 1.82) is 0 Å². The fourth-order valence-corrected chi connectivity index (χ4v) is 1.76. The van der Waals surface area contributed by atoms with Gasteiger partial charge in [0.2, 0.25) is 0 Å². The highest BCUT2D eigenvalue weighted by Gasteiger charge is 2.15. The molecule has 1 unspecified atom stereocenters. The number of hydrogen-bond donors (Lipinski definition) is 3. The van der Waals surface area contributed by atoms with Crippen molar-refractivity contribution in [3.63, 3.8) is 0 Å². The van der Waals surface area contributed by atoms with Crippen molar-refractivity contribution in [3.8, 4) is 0 Å². The van der Waals surface area contributed by atoms with Crippen LogP contribution < -0.4 is 6.15 Å². The number of carbonyl (C=O) groups is 2. The Kier molecular flexibility index (Phi) is 12.2. The minimum absolute atomic E-state index is 0. The summed E-state index contributed by atoms with van der Waals surface area (Å²) < 4.78 is 0. The van der Waals surface area contributed by atoms with E-state index < -0.39 is 11.9 Å². The van der Waals surface area contributed by atoms with E-state index in [-0.39, 0.29) is 18.5 Å². The Hall–Kier alpha value is -1.10. The quantitative estimate of drug-likeness (QED) is 0.514. The molecule has 1 atom stereocenters. The lowest BCUT2D eigenvalue weighted by atomic mass is 9.96.